The number of rotatable bonds is 5. The molecule has 0 aliphatic carbocycles. The number of anilines is 2. The second-order valence-corrected chi connectivity index (χ2v) is 5.69. The molecule has 0 unspecified atom stereocenters. The van der Waals surface area contributed by atoms with Gasteiger partial charge in [-0.05, 0) is 34.1 Å². The molecule has 0 aliphatic heterocycles. The minimum Gasteiger partial charge on any atom is -0.469 e. The minimum atomic E-state index is -0.312. The van der Waals surface area contributed by atoms with Gasteiger partial charge in [-0.3, -0.25) is 4.79 Å². The zero-order chi connectivity index (χ0) is 14.5. The highest BCUT2D eigenvalue weighted by molar-refractivity contribution is 9.10. The van der Waals surface area contributed by atoms with E-state index in [2.05, 4.69) is 31.0 Å². The summed E-state index contributed by atoms with van der Waals surface area (Å²) in [7, 11) is 1.36. The van der Waals surface area contributed by atoms with Crippen molar-refractivity contribution in [2.45, 2.75) is 12.8 Å². The summed E-state index contributed by atoms with van der Waals surface area (Å²) in [6.07, 6.45) is 0.847. The molecule has 0 spiro atoms. The van der Waals surface area contributed by atoms with Crippen LogP contribution in [0, 0.1) is 5.82 Å². The van der Waals surface area contributed by atoms with E-state index >= 15 is 0 Å². The molecule has 0 saturated carbocycles. The van der Waals surface area contributed by atoms with Crippen molar-refractivity contribution in [3.8, 4) is 0 Å². The van der Waals surface area contributed by atoms with E-state index in [1.807, 2.05) is 5.38 Å². The van der Waals surface area contributed by atoms with Crippen molar-refractivity contribution < 1.29 is 13.9 Å². The van der Waals surface area contributed by atoms with Crippen molar-refractivity contribution in [1.29, 1.82) is 0 Å². The molecule has 1 aromatic heterocycles. The van der Waals surface area contributed by atoms with Crippen LogP contribution in [0.5, 0.6) is 0 Å². The molecule has 0 saturated heterocycles. The Balaban J connectivity index is 1.98. The average molecular weight is 359 g/mol. The third-order valence-electron chi connectivity index (χ3n) is 2.54. The summed E-state index contributed by atoms with van der Waals surface area (Å²) in [6.45, 7) is 0. The van der Waals surface area contributed by atoms with E-state index in [1.54, 1.807) is 12.1 Å². The molecule has 2 rings (SSSR count). The fourth-order valence-electron chi connectivity index (χ4n) is 1.51. The van der Waals surface area contributed by atoms with Gasteiger partial charge in [-0.15, -0.1) is 11.3 Å². The number of methoxy groups -OCH3 is 1. The van der Waals surface area contributed by atoms with Crippen molar-refractivity contribution in [2.24, 2.45) is 0 Å². The van der Waals surface area contributed by atoms with Gasteiger partial charge in [-0.2, -0.15) is 0 Å². The quantitative estimate of drug-likeness (QED) is 0.823. The van der Waals surface area contributed by atoms with Crippen molar-refractivity contribution in [1.82, 2.24) is 4.98 Å². The Morgan fingerprint density at radius 1 is 1.55 bits per heavy atom. The predicted molar refractivity (Wildman–Crippen MR) is 79.8 cm³/mol. The summed E-state index contributed by atoms with van der Waals surface area (Å²) in [6, 6.07) is 4.65. The summed E-state index contributed by atoms with van der Waals surface area (Å²) >= 11 is 4.56. The molecule has 0 atom stereocenters. The third kappa shape index (κ3) is 4.01. The molecule has 1 aromatic carbocycles. The number of aryl methyl sites for hydroxylation is 1. The molecule has 7 heteroatoms. The number of thiazole rings is 1. The summed E-state index contributed by atoms with van der Waals surface area (Å²) in [5, 5.41) is 5.66. The van der Waals surface area contributed by atoms with Crippen LogP contribution in [-0.2, 0) is 16.0 Å². The van der Waals surface area contributed by atoms with Crippen molar-refractivity contribution in [2.75, 3.05) is 12.4 Å². The lowest BCUT2D eigenvalue weighted by molar-refractivity contribution is -0.140. The Kier molecular flexibility index (Phi) is 5.08. The maximum absolute atomic E-state index is 13.1. The lowest BCUT2D eigenvalue weighted by Crippen LogP contribution is -2.02. The predicted octanol–water partition coefficient (Wildman–Crippen LogP) is 3.89. The van der Waals surface area contributed by atoms with Crippen LogP contribution in [-0.4, -0.2) is 18.1 Å². The zero-order valence-electron chi connectivity index (χ0n) is 10.7. The van der Waals surface area contributed by atoms with E-state index in [9.17, 15) is 9.18 Å². The Labute approximate surface area is 128 Å². The van der Waals surface area contributed by atoms with Crippen LogP contribution in [0.25, 0.3) is 0 Å². The first-order chi connectivity index (χ1) is 9.58. The van der Waals surface area contributed by atoms with Gasteiger partial charge < -0.3 is 10.1 Å². The second-order valence-electron chi connectivity index (χ2n) is 3.97. The van der Waals surface area contributed by atoms with Gasteiger partial charge in [0.2, 0.25) is 0 Å². The van der Waals surface area contributed by atoms with E-state index in [-0.39, 0.29) is 11.8 Å². The van der Waals surface area contributed by atoms with E-state index in [1.165, 1.54) is 24.5 Å². The summed E-state index contributed by atoms with van der Waals surface area (Å²) in [4.78, 5) is 15.4. The van der Waals surface area contributed by atoms with Gasteiger partial charge in [-0.1, -0.05) is 0 Å². The van der Waals surface area contributed by atoms with Gasteiger partial charge in [0, 0.05) is 17.5 Å². The monoisotopic (exact) mass is 358 g/mol. The maximum Gasteiger partial charge on any atom is 0.305 e. The molecule has 1 N–H and O–H groups in total. The third-order valence-corrected chi connectivity index (χ3v) is 3.95. The SMILES string of the molecule is COC(=O)CCc1csc(Nc2ccc(F)c(Br)c2)n1. The van der Waals surface area contributed by atoms with E-state index in [0.717, 1.165) is 11.4 Å². The molecule has 0 amide bonds. The van der Waals surface area contributed by atoms with Crippen molar-refractivity contribution >= 4 is 44.1 Å². The number of hydrogen-bond donors (Lipinski definition) is 1. The number of hydrogen-bond acceptors (Lipinski definition) is 5. The highest BCUT2D eigenvalue weighted by Gasteiger charge is 2.07. The van der Waals surface area contributed by atoms with Crippen LogP contribution in [0.1, 0.15) is 12.1 Å². The Morgan fingerprint density at radius 2 is 2.35 bits per heavy atom. The first kappa shape index (κ1) is 14.9. The molecular weight excluding hydrogens is 347 g/mol. The molecule has 4 nitrogen and oxygen atoms in total. The number of carbonyl (C=O) groups is 1. The van der Waals surface area contributed by atoms with Crippen molar-refractivity contribution in [3.63, 3.8) is 0 Å². The molecule has 0 fully saturated rings. The van der Waals surface area contributed by atoms with Gasteiger partial charge in [-0.25, -0.2) is 9.37 Å². The number of esters is 1. The van der Waals surface area contributed by atoms with Gasteiger partial charge in [0.25, 0.3) is 0 Å². The normalized spacial score (nSPS) is 10.3. The molecule has 2 aromatic rings. The molecule has 1 heterocycles. The Bertz CT molecular complexity index is 618. The number of benzene rings is 1. The van der Waals surface area contributed by atoms with E-state index in [4.69, 9.17) is 0 Å². The van der Waals surface area contributed by atoms with Crippen molar-refractivity contribution in [3.05, 3.63) is 39.6 Å². The number of halogens is 2. The Morgan fingerprint density at radius 3 is 3.05 bits per heavy atom. The van der Waals surface area contributed by atoms with E-state index in [0.29, 0.717) is 22.4 Å². The summed E-state index contributed by atoms with van der Waals surface area (Å²) in [5.41, 5.74) is 1.57. The van der Waals surface area contributed by atoms with Crippen LogP contribution < -0.4 is 5.32 Å². The first-order valence-corrected chi connectivity index (χ1v) is 7.49. The van der Waals surface area contributed by atoms with Crippen LogP contribution in [0.3, 0.4) is 0 Å². The van der Waals surface area contributed by atoms with Crippen LogP contribution in [0.4, 0.5) is 15.2 Å². The van der Waals surface area contributed by atoms with Gasteiger partial charge >= 0.3 is 5.97 Å². The number of carbonyl (C=O) groups excluding carboxylic acids is 1. The summed E-state index contributed by atoms with van der Waals surface area (Å²) < 4.78 is 18.1. The molecule has 106 valence electrons. The molecular formula is C13H12BrFN2O2S. The highest BCUT2D eigenvalue weighted by Crippen LogP contribution is 2.25. The average Bonchev–Trinajstić information content (AvgIpc) is 2.88. The van der Waals surface area contributed by atoms with Crippen LogP contribution in [0.15, 0.2) is 28.1 Å². The minimum absolute atomic E-state index is 0.255. The topological polar surface area (TPSA) is 51.2 Å². The largest absolute Gasteiger partial charge is 0.469 e. The zero-order valence-corrected chi connectivity index (χ0v) is 13.1. The van der Waals surface area contributed by atoms with Gasteiger partial charge in [0.15, 0.2) is 5.13 Å². The number of ether oxygens (including phenoxy) is 1. The number of nitrogens with zero attached hydrogens (tertiary/aromatic N) is 1. The maximum atomic E-state index is 13.1. The molecule has 0 radical (unpaired) electrons. The van der Waals surface area contributed by atoms with Crippen LogP contribution >= 0.6 is 27.3 Å². The van der Waals surface area contributed by atoms with Crippen LogP contribution in [0.2, 0.25) is 0 Å². The molecule has 0 bridgehead atoms. The second kappa shape index (κ2) is 6.81. The smallest absolute Gasteiger partial charge is 0.305 e. The standard InChI is InChI=1S/C13H12BrFN2O2S/c1-19-12(18)5-3-9-7-20-13(17-9)16-8-2-4-11(15)10(14)6-8/h2,4,6-7H,3,5H2,1H3,(H,16,17). The first-order valence-electron chi connectivity index (χ1n) is 5.82. The molecule has 0 aliphatic rings. The fraction of sp³-hybridized carbons (Fsp3) is 0.231. The lowest BCUT2D eigenvalue weighted by atomic mass is 10.2. The highest BCUT2D eigenvalue weighted by atomic mass is 79.9. The van der Waals surface area contributed by atoms with Gasteiger partial charge in [0.1, 0.15) is 5.82 Å². The summed E-state index contributed by atoms with van der Waals surface area (Å²) in [5.74, 6) is -0.566. The van der Waals surface area contributed by atoms with Gasteiger partial charge in [0.05, 0.1) is 23.7 Å². The fourth-order valence-corrected chi connectivity index (χ4v) is 2.65. The molecule has 20 heavy (non-hydrogen) atoms. The Hall–Kier alpha value is -1.47. The lowest BCUT2D eigenvalue weighted by Gasteiger charge is -2.03. The van der Waals surface area contributed by atoms with E-state index < -0.39 is 0 Å². The number of nitrogens with one attached hydrogen (secondary N) is 1. The number of aromatic nitrogens is 1.